The van der Waals surface area contributed by atoms with Crippen molar-refractivity contribution < 1.29 is 22.4 Å². The number of carbonyl (C=O) groups is 2. The summed E-state index contributed by atoms with van der Waals surface area (Å²) in [5.74, 6) is -0.344. The fourth-order valence-electron chi connectivity index (χ4n) is 7.05. The van der Waals surface area contributed by atoms with Crippen LogP contribution in [0.3, 0.4) is 0 Å². The smallest absolute Gasteiger partial charge is 0.261 e. The van der Waals surface area contributed by atoms with Gasteiger partial charge < -0.3 is 9.80 Å². The number of carbonyl (C=O) groups excluding carboxylic acids is 2. The molecule has 1 aromatic heterocycles. The van der Waals surface area contributed by atoms with Crippen LogP contribution in [0.4, 0.5) is 4.39 Å². The van der Waals surface area contributed by atoms with E-state index in [-0.39, 0.29) is 39.4 Å². The van der Waals surface area contributed by atoms with Crippen molar-refractivity contribution in [3.8, 4) is 0 Å². The molecule has 0 saturated carbocycles. The molecule has 6 rings (SSSR count). The van der Waals surface area contributed by atoms with Crippen LogP contribution in [0.1, 0.15) is 56.9 Å². The van der Waals surface area contributed by atoms with Gasteiger partial charge in [0.05, 0.1) is 21.8 Å². The van der Waals surface area contributed by atoms with Gasteiger partial charge in [0.25, 0.3) is 11.8 Å². The summed E-state index contributed by atoms with van der Waals surface area (Å²) in [6.45, 7) is 7.60. The van der Waals surface area contributed by atoms with Gasteiger partial charge in [-0.2, -0.15) is 0 Å². The minimum absolute atomic E-state index is 0.0678. The van der Waals surface area contributed by atoms with Crippen LogP contribution in [0.25, 0.3) is 0 Å². The number of rotatable bonds is 7. The molecule has 2 aromatic carbocycles. The average molecular weight is 633 g/mol. The quantitative estimate of drug-likeness (QED) is 0.423. The first-order chi connectivity index (χ1) is 21.4. The van der Waals surface area contributed by atoms with Crippen molar-refractivity contribution in [2.24, 2.45) is 11.1 Å². The van der Waals surface area contributed by atoms with E-state index in [0.717, 1.165) is 31.6 Å². The molecule has 2 amide bonds. The minimum Gasteiger partial charge on any atom is -0.339 e. The van der Waals surface area contributed by atoms with Gasteiger partial charge in [-0.25, -0.2) is 27.9 Å². The van der Waals surface area contributed by atoms with Crippen LogP contribution in [-0.4, -0.2) is 84.2 Å². The van der Waals surface area contributed by atoms with Gasteiger partial charge in [0.15, 0.2) is 0 Å². The molecule has 3 aliphatic heterocycles. The van der Waals surface area contributed by atoms with Crippen molar-refractivity contribution in [2.45, 2.75) is 43.4 Å². The number of hydrogen-bond donors (Lipinski definition) is 1. The second kappa shape index (κ2) is 12.1. The van der Waals surface area contributed by atoms with Crippen molar-refractivity contribution in [2.75, 3.05) is 39.3 Å². The van der Waals surface area contributed by atoms with E-state index in [0.29, 0.717) is 49.4 Å². The summed E-state index contributed by atoms with van der Waals surface area (Å²) in [5, 5.41) is 5.27. The van der Waals surface area contributed by atoms with Crippen LogP contribution in [0, 0.1) is 25.6 Å². The fraction of sp³-hybridized carbons (Fsp3) is 0.394. The van der Waals surface area contributed by atoms with Crippen molar-refractivity contribution in [1.29, 1.82) is 0 Å². The number of nitrogens with zero attached hydrogens (tertiary/aromatic N) is 5. The van der Waals surface area contributed by atoms with Crippen molar-refractivity contribution in [3.05, 3.63) is 101 Å². The molecule has 0 spiro atoms. The largest absolute Gasteiger partial charge is 0.339 e. The van der Waals surface area contributed by atoms with Gasteiger partial charge in [0.2, 0.25) is 10.0 Å². The lowest BCUT2D eigenvalue weighted by molar-refractivity contribution is 0.0650. The summed E-state index contributed by atoms with van der Waals surface area (Å²) in [6, 6.07) is 12.6. The number of piperidine rings is 1. The molecule has 1 unspecified atom stereocenters. The van der Waals surface area contributed by atoms with Crippen molar-refractivity contribution in [1.82, 2.24) is 24.7 Å². The number of benzene rings is 2. The van der Waals surface area contributed by atoms with Gasteiger partial charge in [-0.3, -0.25) is 14.5 Å². The number of nitrogens with two attached hydrogens (primary N) is 1. The Morgan fingerprint density at radius 3 is 2.38 bits per heavy atom. The highest BCUT2D eigenvalue weighted by atomic mass is 32.2. The third-order valence-corrected chi connectivity index (χ3v) is 10.5. The maximum absolute atomic E-state index is 14.4. The topological polar surface area (TPSA) is 130 Å². The van der Waals surface area contributed by atoms with E-state index < -0.39 is 10.0 Å². The molecule has 2 N–H and O–H groups in total. The Hall–Kier alpha value is -4.00. The molecule has 236 valence electrons. The monoisotopic (exact) mass is 632 g/mol. The Labute approximate surface area is 262 Å². The third kappa shape index (κ3) is 6.27. The third-order valence-electron chi connectivity index (χ3n) is 9.61. The zero-order chi connectivity index (χ0) is 31.9. The number of aryl methyl sites for hydroxylation is 2. The fourth-order valence-corrected chi connectivity index (χ4v) is 7.61. The summed E-state index contributed by atoms with van der Waals surface area (Å²) >= 11 is 0. The molecule has 0 bridgehead atoms. The standard InChI is InChI=1S/C33H37FN6O4S/c1-22-30(23(2)37-21-36-22)32(42)40-19-25-17-38(18-26(25)20-40)12-9-33(27-6-4-7-28(34)16-27)10-13-39(14-11-33)31(41)24-5-3-8-29(15-24)45(35,43)44/h3-8,15-16,19,21,26H,9-14,17-18,20H2,1-2H3,(H2,35,43,44). The van der Waals surface area contributed by atoms with E-state index >= 15 is 0 Å². The highest BCUT2D eigenvalue weighted by Gasteiger charge is 2.40. The molecule has 3 aromatic rings. The molecular formula is C33H37FN6O4S. The predicted molar refractivity (Wildman–Crippen MR) is 166 cm³/mol. The Kier molecular flexibility index (Phi) is 8.31. The molecule has 3 aliphatic rings. The zero-order valence-corrected chi connectivity index (χ0v) is 26.3. The number of likely N-dealkylation sites (tertiary alicyclic amines) is 2. The van der Waals surface area contributed by atoms with Crippen molar-refractivity contribution in [3.63, 3.8) is 0 Å². The highest BCUT2D eigenvalue weighted by Crippen LogP contribution is 2.41. The first-order valence-electron chi connectivity index (χ1n) is 15.1. The lowest BCUT2D eigenvalue weighted by Gasteiger charge is -2.43. The van der Waals surface area contributed by atoms with Gasteiger partial charge in [0, 0.05) is 50.4 Å². The molecule has 12 heteroatoms. The second-order valence-electron chi connectivity index (χ2n) is 12.4. The summed E-state index contributed by atoms with van der Waals surface area (Å²) in [7, 11) is -3.93. The lowest BCUT2D eigenvalue weighted by Crippen LogP contribution is -2.46. The van der Waals surface area contributed by atoms with E-state index in [9.17, 15) is 22.4 Å². The van der Waals surface area contributed by atoms with Crippen molar-refractivity contribution >= 4 is 21.8 Å². The first kappa shape index (κ1) is 31.0. The zero-order valence-electron chi connectivity index (χ0n) is 25.4. The maximum atomic E-state index is 14.4. The summed E-state index contributed by atoms with van der Waals surface area (Å²) in [5.41, 5.74) is 4.03. The second-order valence-corrected chi connectivity index (χ2v) is 14.0. The van der Waals surface area contributed by atoms with E-state index in [1.165, 1.54) is 36.2 Å². The predicted octanol–water partition coefficient (Wildman–Crippen LogP) is 3.42. The van der Waals surface area contributed by atoms with Crippen LogP contribution in [0.5, 0.6) is 0 Å². The number of halogens is 1. The van der Waals surface area contributed by atoms with Crippen LogP contribution < -0.4 is 5.14 Å². The number of amides is 2. The molecular weight excluding hydrogens is 595 g/mol. The van der Waals surface area contributed by atoms with Crippen LogP contribution in [0.2, 0.25) is 0 Å². The number of aromatic nitrogens is 2. The molecule has 10 nitrogen and oxygen atoms in total. The van der Waals surface area contributed by atoms with Gasteiger partial charge in [-0.1, -0.05) is 18.2 Å². The number of hydrogen-bond acceptors (Lipinski definition) is 7. The minimum atomic E-state index is -3.93. The molecule has 0 aliphatic carbocycles. The Balaban J connectivity index is 1.13. The van der Waals surface area contributed by atoms with E-state index in [4.69, 9.17) is 5.14 Å². The normalized spacial score (nSPS) is 19.8. The number of sulfonamides is 1. The van der Waals surface area contributed by atoms with E-state index in [2.05, 4.69) is 14.9 Å². The Morgan fingerprint density at radius 2 is 1.71 bits per heavy atom. The lowest BCUT2D eigenvalue weighted by atomic mass is 9.70. The Morgan fingerprint density at radius 1 is 1.00 bits per heavy atom. The molecule has 4 heterocycles. The first-order valence-corrected chi connectivity index (χ1v) is 16.7. The molecule has 1 atom stereocenters. The van der Waals surface area contributed by atoms with E-state index in [1.54, 1.807) is 28.0 Å². The van der Waals surface area contributed by atoms with Crippen LogP contribution >= 0.6 is 0 Å². The summed E-state index contributed by atoms with van der Waals surface area (Å²) < 4.78 is 38.1. The maximum Gasteiger partial charge on any atom is 0.261 e. The van der Waals surface area contributed by atoms with Crippen LogP contribution in [0.15, 0.2) is 71.5 Å². The number of primary sulfonamides is 1. The van der Waals surface area contributed by atoms with Gasteiger partial charge in [-0.05, 0) is 86.5 Å². The average Bonchev–Trinajstić information content (AvgIpc) is 3.59. The highest BCUT2D eigenvalue weighted by molar-refractivity contribution is 7.89. The summed E-state index contributed by atoms with van der Waals surface area (Å²) in [4.78, 5) is 40.9. The summed E-state index contributed by atoms with van der Waals surface area (Å²) in [6.07, 6.45) is 5.55. The van der Waals surface area contributed by atoms with Gasteiger partial charge >= 0.3 is 0 Å². The molecule has 2 saturated heterocycles. The van der Waals surface area contributed by atoms with E-state index in [1.807, 2.05) is 26.1 Å². The van der Waals surface area contributed by atoms with Crippen LogP contribution in [-0.2, 0) is 15.4 Å². The molecule has 0 radical (unpaired) electrons. The number of fused-ring (bicyclic) bond motifs is 1. The Bertz CT molecular complexity index is 1770. The van der Waals surface area contributed by atoms with Gasteiger partial charge in [-0.15, -0.1) is 0 Å². The molecule has 45 heavy (non-hydrogen) atoms. The molecule has 2 fully saturated rings. The SMILES string of the molecule is Cc1ncnc(C)c1C(=O)N1C=C2CN(CCC3(c4cccc(F)c4)CCN(C(=O)c4cccc(S(N)(=O)=O)c4)CC3)CC2C1. The van der Waals surface area contributed by atoms with Gasteiger partial charge in [0.1, 0.15) is 12.1 Å².